The number of fused-ring (bicyclic) bond motifs is 1. The molecule has 2 heterocycles. The smallest absolute Gasteiger partial charge is 0.223 e. The molecule has 0 spiro atoms. The van der Waals surface area contributed by atoms with Crippen molar-refractivity contribution in [2.24, 2.45) is 10.9 Å². The van der Waals surface area contributed by atoms with Gasteiger partial charge in [-0.3, -0.25) is 14.8 Å². The highest BCUT2D eigenvalue weighted by molar-refractivity contribution is 14.0. The van der Waals surface area contributed by atoms with Gasteiger partial charge in [0.15, 0.2) is 5.96 Å². The molecule has 34 heavy (non-hydrogen) atoms. The maximum absolute atomic E-state index is 12.5. The second-order valence-electron chi connectivity index (χ2n) is 8.53. The summed E-state index contributed by atoms with van der Waals surface area (Å²) in [6.07, 6.45) is 4.19. The van der Waals surface area contributed by atoms with Gasteiger partial charge in [-0.05, 0) is 37.0 Å². The van der Waals surface area contributed by atoms with Crippen LogP contribution >= 0.6 is 24.0 Å². The van der Waals surface area contributed by atoms with Gasteiger partial charge in [0, 0.05) is 56.6 Å². The lowest BCUT2D eigenvalue weighted by Crippen LogP contribution is -2.38. The Hall–Kier alpha value is -2.68. The van der Waals surface area contributed by atoms with E-state index in [1.54, 1.807) is 0 Å². The summed E-state index contributed by atoms with van der Waals surface area (Å²) in [5.74, 6) is 1.32. The summed E-state index contributed by atoms with van der Waals surface area (Å²) in [7, 11) is 0. The zero-order valence-electron chi connectivity index (χ0n) is 19.7. The highest BCUT2D eigenvalue weighted by Gasteiger charge is 2.29. The van der Waals surface area contributed by atoms with Crippen molar-refractivity contribution in [1.82, 2.24) is 20.5 Å². The minimum atomic E-state index is 0. The summed E-state index contributed by atoms with van der Waals surface area (Å²) >= 11 is 0. The Morgan fingerprint density at radius 1 is 1.06 bits per heavy atom. The van der Waals surface area contributed by atoms with E-state index in [0.717, 1.165) is 50.5 Å². The van der Waals surface area contributed by atoms with E-state index in [4.69, 9.17) is 4.99 Å². The van der Waals surface area contributed by atoms with Gasteiger partial charge in [-0.1, -0.05) is 54.6 Å². The van der Waals surface area contributed by atoms with E-state index in [1.165, 1.54) is 16.5 Å². The van der Waals surface area contributed by atoms with Gasteiger partial charge >= 0.3 is 0 Å². The van der Waals surface area contributed by atoms with Crippen molar-refractivity contribution in [1.29, 1.82) is 0 Å². The molecule has 180 valence electrons. The molecule has 1 fully saturated rings. The predicted molar refractivity (Wildman–Crippen MR) is 150 cm³/mol. The Labute approximate surface area is 219 Å². The van der Waals surface area contributed by atoms with Gasteiger partial charge in [0.05, 0.1) is 5.52 Å². The first-order valence-corrected chi connectivity index (χ1v) is 11.9. The van der Waals surface area contributed by atoms with E-state index in [-0.39, 0.29) is 35.8 Å². The van der Waals surface area contributed by atoms with Gasteiger partial charge in [0.2, 0.25) is 5.91 Å². The van der Waals surface area contributed by atoms with Crippen molar-refractivity contribution in [2.75, 3.05) is 32.7 Å². The van der Waals surface area contributed by atoms with E-state index in [2.05, 4.69) is 58.9 Å². The Morgan fingerprint density at radius 2 is 1.88 bits per heavy atom. The van der Waals surface area contributed by atoms with E-state index in [9.17, 15) is 4.79 Å². The largest absolute Gasteiger partial charge is 0.357 e. The molecular weight excluding hydrogens is 537 g/mol. The van der Waals surface area contributed by atoms with Gasteiger partial charge < -0.3 is 15.5 Å². The van der Waals surface area contributed by atoms with Gasteiger partial charge in [-0.25, -0.2) is 0 Å². The molecular formula is C27H34IN5O. The number of hydrogen-bond donors (Lipinski definition) is 2. The zero-order valence-corrected chi connectivity index (χ0v) is 22.1. The van der Waals surface area contributed by atoms with E-state index in [0.29, 0.717) is 13.0 Å². The Balaban J connectivity index is 0.00000324. The molecule has 0 radical (unpaired) electrons. The monoisotopic (exact) mass is 571 g/mol. The van der Waals surface area contributed by atoms with Crippen molar-refractivity contribution in [2.45, 2.75) is 26.2 Å². The highest BCUT2D eigenvalue weighted by atomic mass is 127. The number of halogens is 1. The third kappa shape index (κ3) is 7.16. The molecule has 1 saturated heterocycles. The molecule has 3 aromatic rings. The lowest BCUT2D eigenvalue weighted by atomic mass is 10.1. The number of guanidine groups is 1. The van der Waals surface area contributed by atoms with Crippen LogP contribution < -0.4 is 10.6 Å². The number of nitrogens with zero attached hydrogens (tertiary/aromatic N) is 3. The van der Waals surface area contributed by atoms with Crippen LogP contribution in [0.5, 0.6) is 0 Å². The molecule has 0 bridgehead atoms. The fraction of sp³-hybridized carbons (Fsp3) is 0.370. The summed E-state index contributed by atoms with van der Waals surface area (Å²) < 4.78 is 0. The molecule has 2 aromatic carbocycles. The van der Waals surface area contributed by atoms with Gasteiger partial charge in [-0.2, -0.15) is 0 Å². The van der Waals surface area contributed by atoms with Crippen molar-refractivity contribution in [3.05, 3.63) is 78.0 Å². The first kappa shape index (κ1) is 25.9. The van der Waals surface area contributed by atoms with E-state index in [1.807, 2.05) is 35.4 Å². The number of carbonyl (C=O) groups excluding carboxylic acids is 1. The Morgan fingerprint density at radius 3 is 2.71 bits per heavy atom. The molecule has 1 atom stereocenters. The third-order valence-electron chi connectivity index (χ3n) is 6.06. The molecule has 0 aliphatic carbocycles. The zero-order chi connectivity index (χ0) is 22.9. The summed E-state index contributed by atoms with van der Waals surface area (Å²) in [6.45, 7) is 5.86. The van der Waals surface area contributed by atoms with Crippen LogP contribution in [0.2, 0.25) is 0 Å². The van der Waals surface area contributed by atoms with Crippen LogP contribution in [0.3, 0.4) is 0 Å². The SMILES string of the molecule is CCNC(=NCC1CC(=O)N(CCc2ccccc2)C1)NCCc1cccc2cccnc12.I. The Bertz CT molecular complexity index is 1080. The number of benzene rings is 2. The third-order valence-corrected chi connectivity index (χ3v) is 6.06. The molecule has 2 N–H and O–H groups in total. The number of pyridine rings is 1. The first-order chi connectivity index (χ1) is 16.2. The maximum atomic E-state index is 12.5. The number of likely N-dealkylation sites (tertiary alicyclic amines) is 1. The van der Waals surface area contributed by atoms with Gasteiger partial charge in [0.25, 0.3) is 0 Å². The first-order valence-electron chi connectivity index (χ1n) is 11.9. The van der Waals surface area contributed by atoms with Crippen LogP contribution in [0.1, 0.15) is 24.5 Å². The average Bonchev–Trinajstić information content (AvgIpc) is 3.21. The molecule has 1 aliphatic rings. The summed E-state index contributed by atoms with van der Waals surface area (Å²) in [5.41, 5.74) is 3.56. The van der Waals surface area contributed by atoms with Gasteiger partial charge in [0.1, 0.15) is 0 Å². The number of aliphatic imine (C=N–C) groups is 1. The van der Waals surface area contributed by atoms with Gasteiger partial charge in [-0.15, -0.1) is 24.0 Å². The van der Waals surface area contributed by atoms with Crippen molar-refractivity contribution in [3.63, 3.8) is 0 Å². The second kappa shape index (κ2) is 13.3. The number of hydrogen-bond acceptors (Lipinski definition) is 3. The lowest BCUT2D eigenvalue weighted by Gasteiger charge is -2.16. The molecule has 1 amide bonds. The molecule has 6 nitrogen and oxygen atoms in total. The standard InChI is InChI=1S/C27H33N5O.HI/c1-2-28-27(30-16-13-24-11-6-10-23-12-7-15-29-26(23)24)31-19-22-18-25(33)32(20-22)17-14-21-8-4-3-5-9-21;/h3-12,15,22H,2,13-14,16-20H2,1H3,(H2,28,30,31);1H. The van der Waals surface area contributed by atoms with Crippen molar-refractivity contribution in [3.8, 4) is 0 Å². The van der Waals surface area contributed by atoms with E-state index >= 15 is 0 Å². The van der Waals surface area contributed by atoms with Crippen molar-refractivity contribution < 1.29 is 4.79 Å². The summed E-state index contributed by atoms with van der Waals surface area (Å²) in [6, 6.07) is 20.7. The highest BCUT2D eigenvalue weighted by Crippen LogP contribution is 2.19. The number of carbonyl (C=O) groups is 1. The second-order valence-corrected chi connectivity index (χ2v) is 8.53. The molecule has 1 aliphatic heterocycles. The predicted octanol–water partition coefficient (Wildman–Crippen LogP) is 4.04. The number of rotatable bonds is 9. The fourth-order valence-corrected chi connectivity index (χ4v) is 4.35. The number of amides is 1. The molecule has 0 saturated carbocycles. The maximum Gasteiger partial charge on any atom is 0.223 e. The fourth-order valence-electron chi connectivity index (χ4n) is 4.35. The topological polar surface area (TPSA) is 69.6 Å². The normalized spacial score (nSPS) is 15.9. The number of para-hydroxylation sites is 1. The quantitative estimate of drug-likeness (QED) is 0.231. The molecule has 4 rings (SSSR count). The number of aromatic nitrogens is 1. The average molecular weight is 572 g/mol. The minimum Gasteiger partial charge on any atom is -0.357 e. The molecule has 7 heteroatoms. The van der Waals surface area contributed by atoms with Crippen LogP contribution in [-0.4, -0.2) is 54.5 Å². The molecule has 1 unspecified atom stereocenters. The summed E-state index contributed by atoms with van der Waals surface area (Å²) in [4.78, 5) is 23.8. The number of nitrogens with one attached hydrogen (secondary N) is 2. The van der Waals surface area contributed by atoms with Crippen LogP contribution in [0, 0.1) is 5.92 Å². The van der Waals surface area contributed by atoms with Crippen LogP contribution in [0.25, 0.3) is 10.9 Å². The van der Waals surface area contributed by atoms with Crippen molar-refractivity contribution >= 4 is 46.7 Å². The van der Waals surface area contributed by atoms with Crippen LogP contribution in [0.15, 0.2) is 71.9 Å². The lowest BCUT2D eigenvalue weighted by molar-refractivity contribution is -0.127. The van der Waals surface area contributed by atoms with Crippen LogP contribution in [0.4, 0.5) is 0 Å². The summed E-state index contributed by atoms with van der Waals surface area (Å²) in [5, 5.41) is 7.93. The Kier molecular flexibility index (Phi) is 10.1. The minimum absolute atomic E-state index is 0. The molecule has 1 aromatic heterocycles. The van der Waals surface area contributed by atoms with E-state index < -0.39 is 0 Å². The van der Waals surface area contributed by atoms with Crippen LogP contribution in [-0.2, 0) is 17.6 Å².